The first kappa shape index (κ1) is 9.07. The Balaban J connectivity index is 2.66. The van der Waals surface area contributed by atoms with Gasteiger partial charge in [-0.15, -0.1) is 11.3 Å². The summed E-state index contributed by atoms with van der Waals surface area (Å²) < 4.78 is 0. The number of aryl methyl sites for hydroxylation is 1. The van der Waals surface area contributed by atoms with E-state index in [4.69, 9.17) is 0 Å². The molecule has 0 aliphatic heterocycles. The lowest BCUT2D eigenvalue weighted by molar-refractivity contribution is 0.824. The Morgan fingerprint density at radius 2 is 2.36 bits per heavy atom. The summed E-state index contributed by atoms with van der Waals surface area (Å²) in [6, 6.07) is 0. The molecule has 0 fully saturated rings. The van der Waals surface area contributed by atoms with Gasteiger partial charge in [-0.1, -0.05) is 13.8 Å². The Hall–Kier alpha value is -0.0200. The highest BCUT2D eigenvalue weighted by molar-refractivity contribution is 7.80. The lowest BCUT2D eigenvalue weighted by atomic mass is 10.2. The molecule has 0 bridgehead atoms. The van der Waals surface area contributed by atoms with E-state index < -0.39 is 0 Å². The fourth-order valence-electron chi connectivity index (χ4n) is 0.801. The van der Waals surface area contributed by atoms with Crippen LogP contribution in [0.1, 0.15) is 30.5 Å². The van der Waals surface area contributed by atoms with Gasteiger partial charge in [0.1, 0.15) is 0 Å². The van der Waals surface area contributed by atoms with Gasteiger partial charge >= 0.3 is 0 Å². The van der Waals surface area contributed by atoms with Gasteiger partial charge in [-0.25, -0.2) is 4.98 Å². The zero-order chi connectivity index (χ0) is 8.27. The molecular weight excluding hydrogens is 174 g/mol. The molecule has 1 heterocycles. The van der Waals surface area contributed by atoms with Gasteiger partial charge in [-0.3, -0.25) is 0 Å². The first-order valence-corrected chi connectivity index (χ1v) is 5.30. The zero-order valence-corrected chi connectivity index (χ0v) is 8.58. The molecule has 0 spiro atoms. The van der Waals surface area contributed by atoms with Gasteiger partial charge in [-0.2, -0.15) is 12.6 Å². The van der Waals surface area contributed by atoms with Crippen molar-refractivity contribution in [2.75, 3.05) is 5.75 Å². The predicted octanol–water partition coefficient (Wildman–Crippen LogP) is 2.74. The number of thiazole rings is 1. The molecule has 1 aromatic heterocycles. The summed E-state index contributed by atoms with van der Waals surface area (Å²) in [5, 5.41) is 3.35. The molecule has 11 heavy (non-hydrogen) atoms. The van der Waals surface area contributed by atoms with Crippen LogP contribution in [0.3, 0.4) is 0 Å². The van der Waals surface area contributed by atoms with Crippen LogP contribution in [0.25, 0.3) is 0 Å². The second-order valence-corrected chi connectivity index (χ2v) is 4.18. The lowest BCUT2D eigenvalue weighted by Gasteiger charge is -1.96. The number of hydrogen-bond donors (Lipinski definition) is 1. The second kappa shape index (κ2) is 4.12. The highest BCUT2D eigenvalue weighted by Gasteiger charge is 2.03. The van der Waals surface area contributed by atoms with Gasteiger partial charge in [0, 0.05) is 11.8 Å². The number of rotatable bonds is 3. The molecule has 0 N–H and O–H groups in total. The minimum atomic E-state index is 0.555. The molecule has 0 saturated carbocycles. The van der Waals surface area contributed by atoms with Crippen molar-refractivity contribution >= 4 is 24.0 Å². The van der Waals surface area contributed by atoms with E-state index in [1.165, 1.54) is 10.7 Å². The summed E-state index contributed by atoms with van der Waals surface area (Å²) in [4.78, 5) is 4.47. The van der Waals surface area contributed by atoms with Crippen LogP contribution in [0.2, 0.25) is 0 Å². The van der Waals surface area contributed by atoms with Crippen molar-refractivity contribution in [1.29, 1.82) is 0 Å². The van der Waals surface area contributed by atoms with Crippen molar-refractivity contribution < 1.29 is 0 Å². The molecule has 0 aliphatic rings. The molecule has 1 rings (SSSR count). The van der Waals surface area contributed by atoms with E-state index in [1.807, 2.05) is 0 Å². The summed E-state index contributed by atoms with van der Waals surface area (Å²) in [6.07, 6.45) is 1.00. The van der Waals surface area contributed by atoms with E-state index in [0.717, 1.165) is 12.2 Å². The fraction of sp³-hybridized carbons (Fsp3) is 0.625. The zero-order valence-electron chi connectivity index (χ0n) is 6.87. The van der Waals surface area contributed by atoms with Gasteiger partial charge < -0.3 is 0 Å². The Morgan fingerprint density at radius 3 is 2.82 bits per heavy atom. The van der Waals surface area contributed by atoms with Crippen LogP contribution >= 0.6 is 24.0 Å². The third kappa shape index (κ3) is 2.49. The Labute approximate surface area is 77.3 Å². The van der Waals surface area contributed by atoms with Crippen LogP contribution in [-0.2, 0) is 6.42 Å². The number of thiol groups is 1. The minimum Gasteiger partial charge on any atom is -0.246 e. The molecule has 3 heteroatoms. The number of aromatic nitrogens is 1. The molecule has 0 unspecified atom stereocenters. The standard InChI is InChI=1S/C8H13NS2/c1-6(2)7-5-11-8(9-7)3-4-10/h5-6,10H,3-4H2,1-2H3. The Morgan fingerprint density at radius 1 is 1.64 bits per heavy atom. The molecule has 0 radical (unpaired) electrons. The van der Waals surface area contributed by atoms with Gasteiger partial charge in [0.2, 0.25) is 0 Å². The third-order valence-corrected chi connectivity index (χ3v) is 2.64. The molecule has 0 saturated heterocycles. The Bertz CT molecular complexity index is 218. The molecule has 0 aliphatic carbocycles. The van der Waals surface area contributed by atoms with E-state index in [0.29, 0.717) is 5.92 Å². The van der Waals surface area contributed by atoms with Crippen molar-refractivity contribution in [3.63, 3.8) is 0 Å². The largest absolute Gasteiger partial charge is 0.246 e. The van der Waals surface area contributed by atoms with E-state index in [9.17, 15) is 0 Å². The van der Waals surface area contributed by atoms with Gasteiger partial charge in [0.25, 0.3) is 0 Å². The van der Waals surface area contributed by atoms with Crippen LogP contribution in [0.5, 0.6) is 0 Å². The summed E-state index contributed by atoms with van der Waals surface area (Å²) in [7, 11) is 0. The number of nitrogens with zero attached hydrogens (tertiary/aromatic N) is 1. The first-order valence-electron chi connectivity index (χ1n) is 3.79. The highest BCUT2D eigenvalue weighted by atomic mass is 32.1. The SMILES string of the molecule is CC(C)c1csc(CCS)n1. The average molecular weight is 187 g/mol. The molecule has 0 atom stereocenters. The maximum absolute atomic E-state index is 4.47. The normalized spacial score (nSPS) is 10.9. The molecule has 1 nitrogen and oxygen atoms in total. The van der Waals surface area contributed by atoms with Crippen molar-refractivity contribution in [2.24, 2.45) is 0 Å². The van der Waals surface area contributed by atoms with Crippen molar-refractivity contribution in [3.05, 3.63) is 16.1 Å². The van der Waals surface area contributed by atoms with Crippen molar-refractivity contribution in [3.8, 4) is 0 Å². The number of hydrogen-bond acceptors (Lipinski definition) is 3. The molecule has 0 aromatic carbocycles. The van der Waals surface area contributed by atoms with Gasteiger partial charge in [0.15, 0.2) is 0 Å². The van der Waals surface area contributed by atoms with Crippen molar-refractivity contribution in [1.82, 2.24) is 4.98 Å². The van der Waals surface area contributed by atoms with E-state index in [-0.39, 0.29) is 0 Å². The summed E-state index contributed by atoms with van der Waals surface area (Å²) in [6.45, 7) is 4.33. The van der Waals surface area contributed by atoms with E-state index in [1.54, 1.807) is 11.3 Å². The van der Waals surface area contributed by atoms with Crippen LogP contribution in [0.15, 0.2) is 5.38 Å². The van der Waals surface area contributed by atoms with Crippen LogP contribution in [0.4, 0.5) is 0 Å². The van der Waals surface area contributed by atoms with Crippen LogP contribution in [-0.4, -0.2) is 10.7 Å². The van der Waals surface area contributed by atoms with E-state index >= 15 is 0 Å². The molecule has 0 amide bonds. The molecular formula is C8H13NS2. The summed E-state index contributed by atoms with van der Waals surface area (Å²) in [5.74, 6) is 1.45. The van der Waals surface area contributed by atoms with Gasteiger partial charge in [-0.05, 0) is 11.7 Å². The lowest BCUT2D eigenvalue weighted by Crippen LogP contribution is -1.89. The predicted molar refractivity (Wildman–Crippen MR) is 53.8 cm³/mol. The van der Waals surface area contributed by atoms with Crippen LogP contribution < -0.4 is 0 Å². The first-order chi connectivity index (χ1) is 5.24. The van der Waals surface area contributed by atoms with Crippen LogP contribution in [0, 0.1) is 0 Å². The minimum absolute atomic E-state index is 0.555. The highest BCUT2D eigenvalue weighted by Crippen LogP contribution is 2.17. The average Bonchev–Trinajstić information content (AvgIpc) is 2.37. The van der Waals surface area contributed by atoms with Crippen molar-refractivity contribution in [2.45, 2.75) is 26.2 Å². The maximum atomic E-state index is 4.47. The molecule has 1 aromatic rings. The second-order valence-electron chi connectivity index (χ2n) is 2.79. The third-order valence-electron chi connectivity index (χ3n) is 1.49. The smallest absolute Gasteiger partial charge is 0.0936 e. The summed E-state index contributed by atoms with van der Waals surface area (Å²) >= 11 is 5.90. The summed E-state index contributed by atoms with van der Waals surface area (Å²) in [5.41, 5.74) is 1.21. The van der Waals surface area contributed by atoms with E-state index in [2.05, 4.69) is 36.8 Å². The Kier molecular flexibility index (Phi) is 3.40. The quantitative estimate of drug-likeness (QED) is 0.718. The maximum Gasteiger partial charge on any atom is 0.0936 e. The monoisotopic (exact) mass is 187 g/mol. The topological polar surface area (TPSA) is 12.9 Å². The molecule has 62 valence electrons. The fourth-order valence-corrected chi connectivity index (χ4v) is 2.12. The van der Waals surface area contributed by atoms with Gasteiger partial charge in [0.05, 0.1) is 10.7 Å².